The van der Waals surface area contributed by atoms with Crippen LogP contribution in [0, 0.1) is 0 Å². The van der Waals surface area contributed by atoms with Crippen molar-refractivity contribution in [3.05, 3.63) is 34.2 Å². The Morgan fingerprint density at radius 3 is 2.85 bits per heavy atom. The predicted octanol–water partition coefficient (Wildman–Crippen LogP) is 3.95. The summed E-state index contributed by atoms with van der Waals surface area (Å²) in [4.78, 5) is 13.5. The van der Waals surface area contributed by atoms with Crippen molar-refractivity contribution in [2.24, 2.45) is 0 Å². The molecule has 0 bridgehead atoms. The number of anilines is 2. The van der Waals surface area contributed by atoms with E-state index in [-0.39, 0.29) is 12.8 Å². The maximum absolute atomic E-state index is 12.3. The van der Waals surface area contributed by atoms with E-state index in [2.05, 4.69) is 10.6 Å². The zero-order chi connectivity index (χ0) is 18.1. The smallest absolute Gasteiger partial charge is 0.341 e. The van der Waals surface area contributed by atoms with Crippen LogP contribution in [0.15, 0.2) is 18.2 Å². The van der Waals surface area contributed by atoms with E-state index < -0.39 is 0 Å². The quantitative estimate of drug-likeness (QED) is 0.607. The highest BCUT2D eigenvalue weighted by Crippen LogP contribution is 2.39. The summed E-state index contributed by atoms with van der Waals surface area (Å²) < 4.78 is 15.7. The zero-order valence-electron chi connectivity index (χ0n) is 14.2. The maximum Gasteiger partial charge on any atom is 0.341 e. The van der Waals surface area contributed by atoms with Gasteiger partial charge < -0.3 is 24.8 Å². The lowest BCUT2D eigenvalue weighted by molar-refractivity contribution is 0.0601. The summed E-state index contributed by atoms with van der Waals surface area (Å²) in [7, 11) is 1.40. The third-order valence-electron chi connectivity index (χ3n) is 4.42. The topological polar surface area (TPSA) is 68.8 Å². The van der Waals surface area contributed by atoms with Crippen molar-refractivity contribution in [3.63, 3.8) is 0 Å². The Morgan fingerprint density at radius 2 is 2.00 bits per heavy atom. The normalized spacial score (nSPS) is 14.5. The summed E-state index contributed by atoms with van der Waals surface area (Å²) in [6, 6.07) is 5.52. The number of carbonyl (C=O) groups is 1. The molecule has 0 unspecified atom stereocenters. The van der Waals surface area contributed by atoms with E-state index in [1.165, 1.54) is 12.0 Å². The summed E-state index contributed by atoms with van der Waals surface area (Å²) in [5, 5.41) is 7.44. The number of benzene rings is 1. The molecular formula is C18H18N2O4S2. The highest BCUT2D eigenvalue weighted by atomic mass is 32.1. The van der Waals surface area contributed by atoms with Gasteiger partial charge in [-0.05, 0) is 55.6 Å². The molecule has 26 heavy (non-hydrogen) atoms. The Kier molecular flexibility index (Phi) is 4.69. The molecule has 0 amide bonds. The molecule has 136 valence electrons. The molecule has 1 aromatic heterocycles. The van der Waals surface area contributed by atoms with Crippen LogP contribution in [-0.4, -0.2) is 25.0 Å². The fourth-order valence-electron chi connectivity index (χ4n) is 3.21. The van der Waals surface area contributed by atoms with Gasteiger partial charge in [0.1, 0.15) is 5.00 Å². The van der Waals surface area contributed by atoms with Gasteiger partial charge in [-0.15, -0.1) is 11.3 Å². The van der Waals surface area contributed by atoms with Gasteiger partial charge in [0.2, 0.25) is 6.79 Å². The third kappa shape index (κ3) is 3.22. The molecule has 2 aromatic rings. The molecule has 0 radical (unpaired) electrons. The van der Waals surface area contributed by atoms with Gasteiger partial charge >= 0.3 is 5.97 Å². The molecule has 0 fully saturated rings. The molecule has 0 saturated carbocycles. The monoisotopic (exact) mass is 390 g/mol. The summed E-state index contributed by atoms with van der Waals surface area (Å²) in [6.07, 6.45) is 4.13. The van der Waals surface area contributed by atoms with Crippen molar-refractivity contribution in [2.45, 2.75) is 25.7 Å². The Labute approximate surface area is 160 Å². The minimum absolute atomic E-state index is 0.227. The van der Waals surface area contributed by atoms with Crippen molar-refractivity contribution < 1.29 is 19.0 Å². The molecule has 6 nitrogen and oxygen atoms in total. The Bertz CT molecular complexity index is 878. The highest BCUT2D eigenvalue weighted by molar-refractivity contribution is 7.80. The summed E-state index contributed by atoms with van der Waals surface area (Å²) >= 11 is 7.01. The highest BCUT2D eigenvalue weighted by Gasteiger charge is 2.26. The van der Waals surface area contributed by atoms with Gasteiger partial charge in [-0.2, -0.15) is 0 Å². The second-order valence-corrected chi connectivity index (χ2v) is 7.57. The van der Waals surface area contributed by atoms with Gasteiger partial charge in [-0.3, -0.25) is 0 Å². The number of thiocarbonyl (C=S) groups is 1. The number of hydrogen-bond donors (Lipinski definition) is 2. The predicted molar refractivity (Wildman–Crippen MR) is 105 cm³/mol. The van der Waals surface area contributed by atoms with Crippen LogP contribution in [0.2, 0.25) is 0 Å². The minimum atomic E-state index is -0.322. The van der Waals surface area contributed by atoms with E-state index in [1.807, 2.05) is 18.2 Å². The lowest BCUT2D eigenvalue weighted by Crippen LogP contribution is -2.20. The lowest BCUT2D eigenvalue weighted by Gasteiger charge is -2.12. The van der Waals surface area contributed by atoms with Gasteiger partial charge in [-0.1, -0.05) is 0 Å². The van der Waals surface area contributed by atoms with Crippen LogP contribution in [0.25, 0.3) is 0 Å². The largest absolute Gasteiger partial charge is 0.465 e. The molecule has 1 aromatic carbocycles. The van der Waals surface area contributed by atoms with Crippen LogP contribution >= 0.6 is 23.6 Å². The Hall–Kier alpha value is -2.32. The molecule has 0 spiro atoms. The first-order valence-electron chi connectivity index (χ1n) is 8.36. The van der Waals surface area contributed by atoms with Crippen molar-refractivity contribution in [1.29, 1.82) is 0 Å². The van der Waals surface area contributed by atoms with Crippen molar-refractivity contribution >= 4 is 45.3 Å². The van der Waals surface area contributed by atoms with Gasteiger partial charge in [0.25, 0.3) is 0 Å². The van der Waals surface area contributed by atoms with Crippen LogP contribution in [0.4, 0.5) is 10.7 Å². The number of esters is 1. The second-order valence-electron chi connectivity index (χ2n) is 6.05. The van der Waals surface area contributed by atoms with E-state index in [1.54, 1.807) is 11.3 Å². The molecule has 8 heteroatoms. The number of rotatable bonds is 3. The number of fused-ring (bicyclic) bond motifs is 2. The van der Waals surface area contributed by atoms with Crippen molar-refractivity contribution in [3.8, 4) is 11.5 Å². The summed E-state index contributed by atoms with van der Waals surface area (Å²) in [6.45, 7) is 0.227. The number of nitrogens with one attached hydrogen (secondary N) is 2. The van der Waals surface area contributed by atoms with Crippen molar-refractivity contribution in [1.82, 2.24) is 0 Å². The van der Waals surface area contributed by atoms with Gasteiger partial charge in [0.05, 0.1) is 12.7 Å². The van der Waals surface area contributed by atoms with Crippen LogP contribution in [0.3, 0.4) is 0 Å². The maximum atomic E-state index is 12.3. The second kappa shape index (κ2) is 7.13. The number of hydrogen-bond acceptors (Lipinski definition) is 6. The molecule has 1 aliphatic carbocycles. The van der Waals surface area contributed by atoms with E-state index in [4.69, 9.17) is 26.4 Å². The molecule has 0 saturated heterocycles. The average molecular weight is 390 g/mol. The molecule has 2 N–H and O–H groups in total. The number of carbonyl (C=O) groups excluding carboxylic acids is 1. The number of aryl methyl sites for hydroxylation is 1. The molecule has 2 aliphatic rings. The van der Waals surface area contributed by atoms with E-state index in [9.17, 15) is 4.79 Å². The standard InChI is InChI=1S/C18H18N2O4S2/c1-22-17(21)15-11-4-2-3-5-14(11)26-16(15)20-18(25)19-10-6-7-12-13(8-10)24-9-23-12/h6-8H,2-5,9H2,1H3,(H2,19,20,25). The van der Waals surface area contributed by atoms with Gasteiger partial charge in [0, 0.05) is 16.6 Å². The molecule has 2 heterocycles. The van der Waals surface area contributed by atoms with Crippen LogP contribution in [0.1, 0.15) is 33.6 Å². The first-order valence-corrected chi connectivity index (χ1v) is 9.58. The molecule has 1 aliphatic heterocycles. The fourth-order valence-corrected chi connectivity index (χ4v) is 4.78. The molecule has 0 atom stereocenters. The SMILES string of the molecule is COC(=O)c1c(NC(=S)Nc2ccc3c(c2)OCO3)sc2c1CCCC2. The number of ether oxygens (including phenoxy) is 3. The minimum Gasteiger partial charge on any atom is -0.465 e. The molecule has 4 rings (SSSR count). The zero-order valence-corrected chi connectivity index (χ0v) is 15.9. The lowest BCUT2D eigenvalue weighted by atomic mass is 9.95. The van der Waals surface area contributed by atoms with Crippen LogP contribution in [0.5, 0.6) is 11.5 Å². The number of thiophene rings is 1. The van der Waals surface area contributed by atoms with Crippen molar-refractivity contribution in [2.75, 3.05) is 24.5 Å². The Morgan fingerprint density at radius 1 is 1.19 bits per heavy atom. The van der Waals surface area contributed by atoms with E-state index in [0.29, 0.717) is 22.2 Å². The van der Waals surface area contributed by atoms with Crippen LogP contribution < -0.4 is 20.1 Å². The summed E-state index contributed by atoms with van der Waals surface area (Å²) in [5.41, 5.74) is 2.50. The van der Waals surface area contributed by atoms with Gasteiger partial charge in [0.15, 0.2) is 16.6 Å². The summed E-state index contributed by atoms with van der Waals surface area (Å²) in [5.74, 6) is 1.07. The van der Waals surface area contributed by atoms with Crippen LogP contribution in [-0.2, 0) is 17.6 Å². The van der Waals surface area contributed by atoms with E-state index >= 15 is 0 Å². The number of methoxy groups -OCH3 is 1. The first kappa shape index (κ1) is 17.1. The first-order chi connectivity index (χ1) is 12.7. The van der Waals surface area contributed by atoms with Gasteiger partial charge in [-0.25, -0.2) is 4.79 Å². The Balaban J connectivity index is 1.54. The van der Waals surface area contributed by atoms with E-state index in [0.717, 1.165) is 41.9 Å². The average Bonchev–Trinajstić information content (AvgIpc) is 3.24. The fraction of sp³-hybridized carbons (Fsp3) is 0.333. The molecular weight excluding hydrogens is 372 g/mol. The third-order valence-corrected chi connectivity index (χ3v) is 5.83.